The van der Waals surface area contributed by atoms with Crippen molar-refractivity contribution >= 4 is 0 Å². The fraction of sp³-hybridized carbons (Fsp3) is 1.00. The summed E-state index contributed by atoms with van der Waals surface area (Å²) in [5.41, 5.74) is 9.76. The highest BCUT2D eigenvalue weighted by molar-refractivity contribution is 4.71. The highest BCUT2D eigenvalue weighted by atomic mass is 15.8. The van der Waals surface area contributed by atoms with Gasteiger partial charge in [0, 0.05) is 19.1 Å². The number of hydrogen-bond donors (Lipinski definition) is 3. The van der Waals surface area contributed by atoms with Crippen LogP contribution in [0.3, 0.4) is 0 Å². The Kier molecular flexibility index (Phi) is 7.01. The quantitative estimate of drug-likeness (QED) is 0.672. The van der Waals surface area contributed by atoms with Gasteiger partial charge in [0.25, 0.3) is 0 Å². The van der Waals surface area contributed by atoms with E-state index in [2.05, 4.69) is 21.5 Å². The largest absolute Gasteiger partial charge is 0.243 e. The van der Waals surface area contributed by atoms with E-state index in [0.717, 1.165) is 12.6 Å². The van der Waals surface area contributed by atoms with Crippen molar-refractivity contribution in [2.75, 3.05) is 13.1 Å². The second-order valence-corrected chi connectivity index (χ2v) is 5.77. The average molecular weight is 254 g/mol. The molecule has 1 saturated heterocycles. The van der Waals surface area contributed by atoms with Gasteiger partial charge in [-0.3, -0.25) is 0 Å². The van der Waals surface area contributed by atoms with E-state index in [1.54, 1.807) is 0 Å². The van der Waals surface area contributed by atoms with Crippen LogP contribution >= 0.6 is 0 Å². The van der Waals surface area contributed by atoms with Crippen molar-refractivity contribution in [3.05, 3.63) is 0 Å². The van der Waals surface area contributed by atoms with Gasteiger partial charge in [0.05, 0.1) is 0 Å². The van der Waals surface area contributed by atoms with E-state index >= 15 is 0 Å². The normalized spacial score (nSPS) is 27.3. The molecule has 1 aliphatic heterocycles. The Morgan fingerprint density at radius 3 is 2.17 bits per heavy atom. The Hall–Kier alpha value is -0.160. The highest BCUT2D eigenvalue weighted by Crippen LogP contribution is 2.20. The Morgan fingerprint density at radius 2 is 1.39 bits per heavy atom. The van der Waals surface area contributed by atoms with E-state index in [4.69, 9.17) is 0 Å². The molecule has 1 saturated carbocycles. The van der Waals surface area contributed by atoms with E-state index in [-0.39, 0.29) is 0 Å². The first kappa shape index (κ1) is 14.3. The second kappa shape index (κ2) is 8.86. The summed E-state index contributed by atoms with van der Waals surface area (Å²) in [4.78, 5) is 0. The fourth-order valence-corrected chi connectivity index (χ4v) is 3.10. The Balaban J connectivity index is 1.83. The summed E-state index contributed by atoms with van der Waals surface area (Å²) in [5.74, 6) is 0. The van der Waals surface area contributed by atoms with Crippen LogP contribution in [0.1, 0.15) is 70.6 Å². The molecule has 0 radical (unpaired) electrons. The zero-order chi connectivity index (χ0) is 12.5. The standard InChI is InChI=1S/C14H30N4/c1-2-4-7-11-14(10-6-3-1)18-13-9-5-8-12-15-16-17-18/h14-17H,1-13H2. The minimum Gasteiger partial charge on any atom is -0.243 e. The lowest BCUT2D eigenvalue weighted by Crippen LogP contribution is -2.56. The van der Waals surface area contributed by atoms with Crippen LogP contribution in [-0.4, -0.2) is 24.1 Å². The average Bonchev–Trinajstić information content (AvgIpc) is 2.61. The van der Waals surface area contributed by atoms with Crippen LogP contribution in [-0.2, 0) is 0 Å². The molecule has 0 spiro atoms. The lowest BCUT2D eigenvalue weighted by atomic mass is 10.0. The van der Waals surface area contributed by atoms with Crippen molar-refractivity contribution in [1.29, 1.82) is 0 Å². The fourth-order valence-electron chi connectivity index (χ4n) is 3.10. The summed E-state index contributed by atoms with van der Waals surface area (Å²) in [6.45, 7) is 2.24. The van der Waals surface area contributed by atoms with Gasteiger partial charge in [-0.2, -0.15) is 11.1 Å². The topological polar surface area (TPSA) is 39.3 Å². The number of nitrogens with zero attached hydrogens (tertiary/aromatic N) is 1. The van der Waals surface area contributed by atoms with Crippen LogP contribution in [0.5, 0.6) is 0 Å². The number of hydrogen-bond acceptors (Lipinski definition) is 4. The van der Waals surface area contributed by atoms with Gasteiger partial charge in [-0.25, -0.2) is 10.4 Å². The summed E-state index contributed by atoms with van der Waals surface area (Å²) in [6, 6.07) is 0.718. The molecule has 1 heterocycles. The van der Waals surface area contributed by atoms with Crippen LogP contribution in [0, 0.1) is 0 Å². The molecular weight excluding hydrogens is 224 g/mol. The molecule has 0 atom stereocenters. The van der Waals surface area contributed by atoms with Crippen LogP contribution < -0.4 is 16.5 Å². The molecule has 106 valence electrons. The predicted octanol–water partition coefficient (Wildman–Crippen LogP) is 2.49. The van der Waals surface area contributed by atoms with Crippen molar-refractivity contribution in [3.8, 4) is 0 Å². The van der Waals surface area contributed by atoms with Crippen LogP contribution in [0.2, 0.25) is 0 Å². The monoisotopic (exact) mass is 254 g/mol. The molecule has 0 amide bonds. The van der Waals surface area contributed by atoms with Gasteiger partial charge < -0.3 is 0 Å². The molecule has 0 aromatic rings. The van der Waals surface area contributed by atoms with E-state index in [0.29, 0.717) is 0 Å². The van der Waals surface area contributed by atoms with Crippen molar-refractivity contribution in [1.82, 2.24) is 21.5 Å². The van der Waals surface area contributed by atoms with Gasteiger partial charge in [0.2, 0.25) is 0 Å². The predicted molar refractivity (Wildman–Crippen MR) is 75.6 cm³/mol. The summed E-state index contributed by atoms with van der Waals surface area (Å²) in [7, 11) is 0. The van der Waals surface area contributed by atoms with Crippen molar-refractivity contribution < 1.29 is 0 Å². The lowest BCUT2D eigenvalue weighted by Gasteiger charge is -2.31. The number of hydrazine groups is 3. The molecular formula is C14H30N4. The van der Waals surface area contributed by atoms with Crippen LogP contribution in [0.4, 0.5) is 0 Å². The molecule has 2 fully saturated rings. The summed E-state index contributed by atoms with van der Waals surface area (Å²) < 4.78 is 0. The van der Waals surface area contributed by atoms with Gasteiger partial charge in [-0.1, -0.05) is 44.9 Å². The Bertz CT molecular complexity index is 168. The minimum atomic E-state index is 0.718. The zero-order valence-electron chi connectivity index (χ0n) is 11.7. The van der Waals surface area contributed by atoms with E-state index in [9.17, 15) is 0 Å². The summed E-state index contributed by atoms with van der Waals surface area (Å²) in [6.07, 6.45) is 15.2. The SMILES string of the molecule is C1CCCCC(N2CCCCCNNN2)CCC1. The molecule has 4 heteroatoms. The first-order valence-electron chi connectivity index (χ1n) is 7.97. The second-order valence-electron chi connectivity index (χ2n) is 5.77. The summed E-state index contributed by atoms with van der Waals surface area (Å²) in [5, 5.41) is 2.45. The lowest BCUT2D eigenvalue weighted by molar-refractivity contribution is 0.0728. The molecule has 18 heavy (non-hydrogen) atoms. The first-order valence-corrected chi connectivity index (χ1v) is 7.97. The molecule has 0 unspecified atom stereocenters. The highest BCUT2D eigenvalue weighted by Gasteiger charge is 2.18. The van der Waals surface area contributed by atoms with Crippen LogP contribution in [0.25, 0.3) is 0 Å². The molecule has 3 N–H and O–H groups in total. The first-order chi connectivity index (χ1) is 8.97. The number of nitrogens with one attached hydrogen (secondary N) is 3. The maximum Gasteiger partial charge on any atom is 0.0257 e. The third-order valence-electron chi connectivity index (χ3n) is 4.25. The van der Waals surface area contributed by atoms with E-state index in [1.807, 2.05) is 0 Å². The van der Waals surface area contributed by atoms with Crippen molar-refractivity contribution in [2.45, 2.75) is 76.7 Å². The smallest absolute Gasteiger partial charge is 0.0257 e. The molecule has 0 aromatic heterocycles. The molecule has 2 rings (SSSR count). The van der Waals surface area contributed by atoms with E-state index in [1.165, 1.54) is 77.2 Å². The molecule has 0 bridgehead atoms. The Morgan fingerprint density at radius 1 is 0.722 bits per heavy atom. The van der Waals surface area contributed by atoms with Gasteiger partial charge in [0.15, 0.2) is 0 Å². The van der Waals surface area contributed by atoms with E-state index < -0.39 is 0 Å². The molecule has 0 aromatic carbocycles. The Labute approximate surface area is 112 Å². The van der Waals surface area contributed by atoms with Gasteiger partial charge in [-0.05, 0) is 25.7 Å². The zero-order valence-corrected chi connectivity index (χ0v) is 11.7. The van der Waals surface area contributed by atoms with Crippen molar-refractivity contribution in [3.63, 3.8) is 0 Å². The third kappa shape index (κ3) is 5.22. The van der Waals surface area contributed by atoms with Gasteiger partial charge >= 0.3 is 0 Å². The maximum atomic E-state index is 3.37. The van der Waals surface area contributed by atoms with Gasteiger partial charge in [-0.15, -0.1) is 0 Å². The third-order valence-corrected chi connectivity index (χ3v) is 4.25. The molecule has 4 nitrogen and oxygen atoms in total. The maximum absolute atomic E-state index is 3.37. The van der Waals surface area contributed by atoms with Gasteiger partial charge in [0.1, 0.15) is 0 Å². The minimum absolute atomic E-state index is 0.718. The molecule has 1 aliphatic carbocycles. The summed E-state index contributed by atoms with van der Waals surface area (Å²) >= 11 is 0. The number of rotatable bonds is 1. The van der Waals surface area contributed by atoms with Crippen LogP contribution in [0.15, 0.2) is 0 Å². The van der Waals surface area contributed by atoms with Crippen molar-refractivity contribution in [2.24, 2.45) is 0 Å². The molecule has 2 aliphatic rings.